The molecule has 0 saturated carbocycles. The van der Waals surface area contributed by atoms with Gasteiger partial charge in [-0.2, -0.15) is 5.26 Å². The number of carbonyl (C=O) groups excluding carboxylic acids is 1. The third-order valence-corrected chi connectivity index (χ3v) is 5.42. The molecule has 1 N–H and O–H groups in total. The first-order valence-corrected chi connectivity index (χ1v) is 9.02. The van der Waals surface area contributed by atoms with Gasteiger partial charge in [0.15, 0.2) is 11.3 Å². The molecular weight excluding hydrogens is 352 g/mol. The molecule has 9 heteroatoms. The third-order valence-electron chi connectivity index (χ3n) is 4.50. The number of hydrogen-bond donors (Lipinski definition) is 1. The van der Waals surface area contributed by atoms with Gasteiger partial charge in [-0.1, -0.05) is 16.5 Å². The van der Waals surface area contributed by atoms with Crippen LogP contribution in [0.15, 0.2) is 16.8 Å². The second kappa shape index (κ2) is 6.38. The summed E-state index contributed by atoms with van der Waals surface area (Å²) >= 11 is 1.38. The van der Waals surface area contributed by atoms with E-state index in [9.17, 15) is 4.79 Å². The van der Waals surface area contributed by atoms with Gasteiger partial charge in [-0.25, -0.2) is 4.98 Å². The quantitative estimate of drug-likeness (QED) is 0.708. The lowest BCUT2D eigenvalue weighted by Crippen LogP contribution is -2.25. The van der Waals surface area contributed by atoms with Crippen molar-refractivity contribution in [1.29, 1.82) is 5.26 Å². The monoisotopic (exact) mass is 368 g/mol. The Bertz CT molecular complexity index is 1010. The predicted molar refractivity (Wildman–Crippen MR) is 96.3 cm³/mol. The summed E-state index contributed by atoms with van der Waals surface area (Å²) in [7, 11) is 0. The number of nitrogens with zero attached hydrogens (tertiary/aromatic N) is 5. The Hall–Kier alpha value is -2.99. The second-order valence-corrected chi connectivity index (χ2v) is 7.31. The van der Waals surface area contributed by atoms with Crippen LogP contribution in [0.3, 0.4) is 0 Å². The maximum absolute atomic E-state index is 12.4. The number of carbonyl (C=O) groups is 1. The summed E-state index contributed by atoms with van der Waals surface area (Å²) in [6, 6.07) is 1.88. The summed E-state index contributed by atoms with van der Waals surface area (Å²) in [5.74, 6) is 0.430. The standard InChI is InChI=1S/C17H16N6O2S/c1-9-15(10(2)25-22-9)13-5-12-14(6-19-13)26-17(20-12)21-16(24)11-3-4-23(7-11)8-18/h5-6,11H,3-4,7H2,1-2H3,(H,20,21,24). The molecule has 132 valence electrons. The van der Waals surface area contributed by atoms with E-state index in [4.69, 9.17) is 9.78 Å². The number of likely N-dealkylation sites (tertiary alicyclic amines) is 1. The summed E-state index contributed by atoms with van der Waals surface area (Å²) in [5, 5.41) is 16.3. The molecular formula is C17H16N6O2S. The van der Waals surface area contributed by atoms with Gasteiger partial charge in [0.2, 0.25) is 5.91 Å². The minimum atomic E-state index is -0.183. The maximum Gasteiger partial charge on any atom is 0.231 e. The molecule has 1 unspecified atom stereocenters. The fourth-order valence-electron chi connectivity index (χ4n) is 3.15. The number of amides is 1. The van der Waals surface area contributed by atoms with E-state index >= 15 is 0 Å². The number of thiazole rings is 1. The number of nitriles is 1. The lowest BCUT2D eigenvalue weighted by molar-refractivity contribution is -0.119. The van der Waals surface area contributed by atoms with Crippen molar-refractivity contribution in [3.63, 3.8) is 0 Å². The van der Waals surface area contributed by atoms with Crippen LogP contribution in [0.4, 0.5) is 5.13 Å². The smallest absolute Gasteiger partial charge is 0.231 e. The molecule has 0 aliphatic carbocycles. The van der Waals surface area contributed by atoms with Crippen LogP contribution < -0.4 is 5.32 Å². The Balaban J connectivity index is 1.57. The number of rotatable bonds is 3. The van der Waals surface area contributed by atoms with Crippen LogP contribution >= 0.6 is 11.3 Å². The first-order chi connectivity index (χ1) is 12.5. The number of aromatic nitrogens is 3. The van der Waals surface area contributed by atoms with Gasteiger partial charge in [-0.05, 0) is 26.3 Å². The first-order valence-electron chi connectivity index (χ1n) is 8.20. The molecule has 3 aromatic heterocycles. The predicted octanol–water partition coefficient (Wildman–Crippen LogP) is 2.70. The molecule has 0 radical (unpaired) electrons. The molecule has 0 aromatic carbocycles. The molecule has 4 heterocycles. The van der Waals surface area contributed by atoms with Gasteiger partial charge in [0, 0.05) is 19.3 Å². The average molecular weight is 368 g/mol. The Kier molecular flexibility index (Phi) is 4.05. The highest BCUT2D eigenvalue weighted by atomic mass is 32.1. The normalized spacial score (nSPS) is 16.8. The Labute approximate surface area is 153 Å². The van der Waals surface area contributed by atoms with Crippen molar-refractivity contribution < 1.29 is 9.32 Å². The average Bonchev–Trinajstić information content (AvgIpc) is 3.32. The van der Waals surface area contributed by atoms with E-state index in [0.717, 1.165) is 27.2 Å². The topological polar surface area (TPSA) is 108 Å². The van der Waals surface area contributed by atoms with Gasteiger partial charge in [0.25, 0.3) is 0 Å². The Morgan fingerprint density at radius 2 is 2.35 bits per heavy atom. The summed E-state index contributed by atoms with van der Waals surface area (Å²) in [5.41, 5.74) is 3.16. The fraction of sp³-hybridized carbons (Fsp3) is 0.353. The molecule has 1 fully saturated rings. The summed E-state index contributed by atoms with van der Waals surface area (Å²) in [6.07, 6.45) is 4.51. The van der Waals surface area contributed by atoms with Crippen LogP contribution in [0.5, 0.6) is 0 Å². The lowest BCUT2D eigenvalue weighted by atomic mass is 10.1. The first kappa shape index (κ1) is 16.5. The van der Waals surface area contributed by atoms with Crippen LogP contribution in [-0.4, -0.2) is 39.0 Å². The maximum atomic E-state index is 12.4. The largest absolute Gasteiger partial charge is 0.361 e. The second-order valence-electron chi connectivity index (χ2n) is 6.28. The molecule has 8 nitrogen and oxygen atoms in total. The van der Waals surface area contributed by atoms with E-state index in [1.54, 1.807) is 11.1 Å². The molecule has 0 spiro atoms. The van der Waals surface area contributed by atoms with Crippen molar-refractivity contribution >= 4 is 32.6 Å². The van der Waals surface area contributed by atoms with Crippen LogP contribution in [-0.2, 0) is 4.79 Å². The van der Waals surface area contributed by atoms with Crippen LogP contribution in [0.2, 0.25) is 0 Å². The molecule has 1 aliphatic heterocycles. The molecule has 1 atom stereocenters. The highest BCUT2D eigenvalue weighted by Gasteiger charge is 2.28. The molecule has 3 aromatic rings. The fourth-order valence-corrected chi connectivity index (χ4v) is 3.96. The number of anilines is 1. The van der Waals surface area contributed by atoms with Crippen molar-refractivity contribution in [2.45, 2.75) is 20.3 Å². The van der Waals surface area contributed by atoms with Crippen molar-refractivity contribution in [3.05, 3.63) is 23.7 Å². The van der Waals surface area contributed by atoms with E-state index in [1.165, 1.54) is 11.3 Å². The molecule has 4 rings (SSSR count). The van der Waals surface area contributed by atoms with Gasteiger partial charge in [-0.15, -0.1) is 0 Å². The molecule has 1 aliphatic rings. The minimum absolute atomic E-state index is 0.0966. The van der Waals surface area contributed by atoms with Crippen molar-refractivity contribution in [1.82, 2.24) is 20.0 Å². The molecule has 0 bridgehead atoms. The van der Waals surface area contributed by atoms with E-state index in [2.05, 4.69) is 26.6 Å². The Morgan fingerprint density at radius 1 is 1.50 bits per heavy atom. The van der Waals surface area contributed by atoms with Crippen molar-refractivity contribution in [2.24, 2.45) is 5.92 Å². The van der Waals surface area contributed by atoms with Crippen LogP contribution in [0.25, 0.3) is 21.5 Å². The molecule has 1 amide bonds. The van der Waals surface area contributed by atoms with Crippen molar-refractivity contribution in [2.75, 3.05) is 18.4 Å². The Morgan fingerprint density at radius 3 is 3.04 bits per heavy atom. The minimum Gasteiger partial charge on any atom is -0.361 e. The van der Waals surface area contributed by atoms with E-state index in [-0.39, 0.29) is 11.8 Å². The number of aryl methyl sites for hydroxylation is 2. The molecule has 1 saturated heterocycles. The highest BCUT2D eigenvalue weighted by Crippen LogP contribution is 2.31. The zero-order valence-electron chi connectivity index (χ0n) is 14.3. The van der Waals surface area contributed by atoms with Gasteiger partial charge in [-0.3, -0.25) is 9.78 Å². The number of hydrogen-bond acceptors (Lipinski definition) is 8. The van der Waals surface area contributed by atoms with Crippen LogP contribution in [0.1, 0.15) is 17.9 Å². The number of fused-ring (bicyclic) bond motifs is 1. The highest BCUT2D eigenvalue weighted by molar-refractivity contribution is 7.22. The van der Waals surface area contributed by atoms with Crippen LogP contribution in [0, 0.1) is 31.2 Å². The van der Waals surface area contributed by atoms with Gasteiger partial charge < -0.3 is 14.7 Å². The summed E-state index contributed by atoms with van der Waals surface area (Å²) < 4.78 is 6.09. The van der Waals surface area contributed by atoms with Gasteiger partial charge in [0.05, 0.1) is 33.1 Å². The zero-order chi connectivity index (χ0) is 18.3. The summed E-state index contributed by atoms with van der Waals surface area (Å²) in [6.45, 7) is 4.81. The van der Waals surface area contributed by atoms with Gasteiger partial charge in [0.1, 0.15) is 5.76 Å². The SMILES string of the molecule is Cc1noc(C)c1-c1cc2nc(NC(=O)C3CCN(C#N)C3)sc2cn1. The van der Waals surface area contributed by atoms with Gasteiger partial charge >= 0.3 is 0 Å². The van der Waals surface area contributed by atoms with E-state index in [0.29, 0.717) is 30.4 Å². The number of pyridine rings is 1. The third kappa shape index (κ3) is 2.88. The van der Waals surface area contributed by atoms with Crippen molar-refractivity contribution in [3.8, 4) is 17.5 Å². The molecule has 26 heavy (non-hydrogen) atoms. The van der Waals surface area contributed by atoms with E-state index < -0.39 is 0 Å². The summed E-state index contributed by atoms with van der Waals surface area (Å²) in [4.78, 5) is 23.0. The number of nitrogens with one attached hydrogen (secondary N) is 1. The van der Waals surface area contributed by atoms with E-state index in [1.807, 2.05) is 19.9 Å². The lowest BCUT2D eigenvalue weighted by Gasteiger charge is -2.08. The zero-order valence-corrected chi connectivity index (χ0v) is 15.1.